The number of allylic oxidation sites excluding steroid dienone is 2. The van der Waals surface area contributed by atoms with E-state index in [0.717, 1.165) is 18.4 Å². The van der Waals surface area contributed by atoms with Crippen LogP contribution < -0.4 is 0 Å². The Labute approximate surface area is 184 Å². The van der Waals surface area contributed by atoms with Crippen LogP contribution in [0.1, 0.15) is 43.2 Å². The van der Waals surface area contributed by atoms with Gasteiger partial charge in [-0.25, -0.2) is 13.6 Å². The fourth-order valence-electron chi connectivity index (χ4n) is 4.75. The number of benzene rings is 2. The minimum atomic E-state index is -1.63. The quantitative estimate of drug-likeness (QED) is 0.598. The molecule has 2 aromatic carbocycles. The summed E-state index contributed by atoms with van der Waals surface area (Å²) in [5.74, 6) is -4.53. The number of halogens is 2. The lowest BCUT2D eigenvalue weighted by molar-refractivity contribution is -0.146. The maximum Gasteiger partial charge on any atom is 0.332 e. The van der Waals surface area contributed by atoms with Crippen molar-refractivity contribution < 1.29 is 28.6 Å². The van der Waals surface area contributed by atoms with E-state index in [4.69, 9.17) is 0 Å². The average Bonchev–Trinajstić information content (AvgIpc) is 3.58. The summed E-state index contributed by atoms with van der Waals surface area (Å²) in [7, 11) is 0. The van der Waals surface area contributed by atoms with E-state index >= 15 is 0 Å². The van der Waals surface area contributed by atoms with Crippen molar-refractivity contribution in [1.29, 1.82) is 0 Å². The summed E-state index contributed by atoms with van der Waals surface area (Å²) in [6.45, 7) is 1.46. The second-order valence-electron chi connectivity index (χ2n) is 8.75. The number of carboxylic acids is 2. The van der Waals surface area contributed by atoms with Crippen LogP contribution in [-0.4, -0.2) is 22.2 Å². The Hall–Kier alpha value is -3.28. The molecule has 2 unspecified atom stereocenters. The Kier molecular flexibility index (Phi) is 5.71. The Balaban J connectivity index is 1.85. The third-order valence-corrected chi connectivity index (χ3v) is 6.49. The highest BCUT2D eigenvalue weighted by Gasteiger charge is 2.51. The normalized spacial score (nSPS) is 23.1. The van der Waals surface area contributed by atoms with Crippen molar-refractivity contribution in [2.75, 3.05) is 0 Å². The lowest BCUT2D eigenvalue weighted by Gasteiger charge is -2.39. The second-order valence-corrected chi connectivity index (χ2v) is 8.75. The Morgan fingerprint density at radius 3 is 2.22 bits per heavy atom. The molecule has 0 bridgehead atoms. The number of hydrogen-bond donors (Lipinski definition) is 2. The van der Waals surface area contributed by atoms with Crippen LogP contribution in [-0.2, 0) is 16.0 Å². The number of aryl methyl sites for hydroxylation is 1. The number of carboxylic acid groups (broad SMARTS) is 2. The van der Waals surface area contributed by atoms with Gasteiger partial charge < -0.3 is 10.2 Å². The molecule has 0 aromatic heterocycles. The largest absolute Gasteiger partial charge is 0.481 e. The topological polar surface area (TPSA) is 74.6 Å². The van der Waals surface area contributed by atoms with Crippen molar-refractivity contribution in [2.45, 2.75) is 38.5 Å². The smallest absolute Gasteiger partial charge is 0.332 e. The highest BCUT2D eigenvalue weighted by Crippen LogP contribution is 2.55. The molecule has 32 heavy (non-hydrogen) atoms. The predicted molar refractivity (Wildman–Crippen MR) is 115 cm³/mol. The molecule has 0 saturated heterocycles. The van der Waals surface area contributed by atoms with Crippen molar-refractivity contribution in [3.05, 3.63) is 94.1 Å². The highest BCUT2D eigenvalue weighted by atomic mass is 19.1. The summed E-state index contributed by atoms with van der Waals surface area (Å²) in [6.07, 6.45) is 4.17. The van der Waals surface area contributed by atoms with Crippen LogP contribution in [0.25, 0.3) is 0 Å². The molecule has 1 saturated carbocycles. The van der Waals surface area contributed by atoms with E-state index in [1.165, 1.54) is 37.3 Å². The lowest BCUT2D eigenvalue weighted by atomic mass is 9.62. The Bertz CT molecular complexity index is 1130. The number of carbonyl (C=O) groups is 2. The molecule has 6 heteroatoms. The lowest BCUT2D eigenvalue weighted by Crippen LogP contribution is -2.39. The number of hydrogen-bond acceptors (Lipinski definition) is 2. The molecular weight excluding hydrogens is 414 g/mol. The van der Waals surface area contributed by atoms with Crippen molar-refractivity contribution in [3.8, 4) is 0 Å². The molecular formula is C26H24F2O4. The number of aliphatic carboxylic acids is 2. The van der Waals surface area contributed by atoms with Crippen LogP contribution in [0.4, 0.5) is 8.78 Å². The summed E-state index contributed by atoms with van der Waals surface area (Å²) in [5.41, 5.74) is 0.582. The van der Waals surface area contributed by atoms with Crippen LogP contribution in [0.3, 0.4) is 0 Å². The minimum Gasteiger partial charge on any atom is -0.481 e. The monoisotopic (exact) mass is 438 g/mol. The summed E-state index contributed by atoms with van der Waals surface area (Å²) < 4.78 is 28.0. The van der Waals surface area contributed by atoms with Gasteiger partial charge in [0.15, 0.2) is 0 Å². The van der Waals surface area contributed by atoms with E-state index in [0.29, 0.717) is 24.0 Å². The fourth-order valence-corrected chi connectivity index (χ4v) is 4.75. The molecule has 2 aliphatic carbocycles. The molecule has 166 valence electrons. The SMILES string of the molecule is CC1(C(=O)O)C=C(CCc2ccc(F)cc2)C(C2CC2)=C(C(=O)O)C1c1ccccc1F. The number of rotatable bonds is 7. The van der Waals surface area contributed by atoms with Gasteiger partial charge in [0.25, 0.3) is 0 Å². The van der Waals surface area contributed by atoms with Gasteiger partial charge in [0.05, 0.1) is 5.41 Å². The van der Waals surface area contributed by atoms with Gasteiger partial charge in [-0.05, 0) is 79.0 Å². The summed E-state index contributed by atoms with van der Waals surface area (Å²) >= 11 is 0. The van der Waals surface area contributed by atoms with Gasteiger partial charge in [-0.1, -0.05) is 36.4 Å². The molecule has 1 fully saturated rings. The Morgan fingerprint density at radius 2 is 1.66 bits per heavy atom. The molecule has 0 aliphatic heterocycles. The zero-order valence-corrected chi connectivity index (χ0v) is 17.6. The van der Waals surface area contributed by atoms with Gasteiger partial charge in [0, 0.05) is 11.5 Å². The molecule has 0 spiro atoms. The van der Waals surface area contributed by atoms with E-state index in [1.807, 2.05) is 0 Å². The second kappa shape index (κ2) is 8.34. The molecule has 0 heterocycles. The Morgan fingerprint density at radius 1 is 1.00 bits per heavy atom. The van der Waals surface area contributed by atoms with Crippen LogP contribution >= 0.6 is 0 Å². The molecule has 4 rings (SSSR count). The van der Waals surface area contributed by atoms with E-state index in [2.05, 4.69) is 0 Å². The van der Waals surface area contributed by atoms with Gasteiger partial charge in [0.2, 0.25) is 0 Å². The van der Waals surface area contributed by atoms with E-state index in [-0.39, 0.29) is 22.9 Å². The highest BCUT2D eigenvalue weighted by molar-refractivity contribution is 5.95. The summed E-state index contributed by atoms with van der Waals surface area (Å²) in [4.78, 5) is 25.0. The summed E-state index contributed by atoms with van der Waals surface area (Å²) in [5, 5.41) is 20.4. The first-order valence-corrected chi connectivity index (χ1v) is 10.6. The fraction of sp³-hybridized carbons (Fsp3) is 0.308. The van der Waals surface area contributed by atoms with Crippen molar-refractivity contribution in [2.24, 2.45) is 11.3 Å². The minimum absolute atomic E-state index is 0.0215. The van der Waals surface area contributed by atoms with E-state index in [9.17, 15) is 28.6 Å². The first-order valence-electron chi connectivity index (χ1n) is 10.6. The van der Waals surface area contributed by atoms with Gasteiger partial charge in [0.1, 0.15) is 11.6 Å². The van der Waals surface area contributed by atoms with Crippen molar-refractivity contribution in [1.82, 2.24) is 0 Å². The third kappa shape index (κ3) is 3.97. The molecule has 4 nitrogen and oxygen atoms in total. The van der Waals surface area contributed by atoms with Crippen LogP contribution in [0, 0.1) is 23.0 Å². The first kappa shape index (κ1) is 21.9. The molecule has 2 N–H and O–H groups in total. The zero-order chi connectivity index (χ0) is 23.0. The molecule has 0 amide bonds. The van der Waals surface area contributed by atoms with Crippen molar-refractivity contribution in [3.63, 3.8) is 0 Å². The van der Waals surface area contributed by atoms with Gasteiger partial charge >= 0.3 is 11.9 Å². The van der Waals surface area contributed by atoms with Gasteiger partial charge in [-0.3, -0.25) is 4.79 Å². The van der Waals surface area contributed by atoms with Crippen LogP contribution in [0.2, 0.25) is 0 Å². The van der Waals surface area contributed by atoms with Crippen LogP contribution in [0.15, 0.2) is 71.3 Å². The van der Waals surface area contributed by atoms with Crippen molar-refractivity contribution >= 4 is 11.9 Å². The molecule has 2 aliphatic rings. The maximum absolute atomic E-state index is 14.8. The zero-order valence-electron chi connectivity index (χ0n) is 17.6. The van der Waals surface area contributed by atoms with E-state index < -0.39 is 29.1 Å². The predicted octanol–water partition coefficient (Wildman–Crippen LogP) is 5.50. The van der Waals surface area contributed by atoms with Gasteiger partial charge in [-0.15, -0.1) is 0 Å². The molecule has 2 aromatic rings. The average molecular weight is 438 g/mol. The summed E-state index contributed by atoms with van der Waals surface area (Å²) in [6, 6.07) is 11.8. The standard InChI is InChI=1S/C26H24F2O4/c1-26(25(31)32)14-17(9-6-15-7-12-18(27)13-8-15)21(16-10-11-16)22(24(29)30)23(26)19-4-2-3-5-20(19)28/h2-5,7-8,12-14,16,23H,6,9-11H2,1H3,(H,29,30)(H,31,32). The molecule has 2 atom stereocenters. The van der Waals surface area contributed by atoms with E-state index in [1.54, 1.807) is 24.3 Å². The van der Waals surface area contributed by atoms with Crippen LogP contribution in [0.5, 0.6) is 0 Å². The third-order valence-electron chi connectivity index (χ3n) is 6.49. The maximum atomic E-state index is 14.8. The molecule has 0 radical (unpaired) electrons. The first-order chi connectivity index (χ1) is 15.2. The van der Waals surface area contributed by atoms with Gasteiger partial charge in [-0.2, -0.15) is 0 Å².